The molecule has 3 heteroatoms. The lowest BCUT2D eigenvalue weighted by atomic mass is 10.1. The van der Waals surface area contributed by atoms with Gasteiger partial charge < -0.3 is 10.2 Å². The number of rotatable bonds is 7. The SMILES string of the molecule is CNC1CCC(N(CCN(C)C)CC(C)C)C1. The highest BCUT2D eigenvalue weighted by atomic mass is 15.2. The highest BCUT2D eigenvalue weighted by Crippen LogP contribution is 2.24. The molecule has 0 heterocycles. The quantitative estimate of drug-likeness (QED) is 0.731. The van der Waals surface area contributed by atoms with Crippen molar-refractivity contribution in [2.75, 3.05) is 40.8 Å². The Morgan fingerprint density at radius 3 is 2.35 bits per heavy atom. The van der Waals surface area contributed by atoms with Crippen LogP contribution >= 0.6 is 0 Å². The minimum atomic E-state index is 0.744. The van der Waals surface area contributed by atoms with E-state index in [-0.39, 0.29) is 0 Å². The minimum absolute atomic E-state index is 0.744. The van der Waals surface area contributed by atoms with Crippen molar-refractivity contribution in [3.05, 3.63) is 0 Å². The van der Waals surface area contributed by atoms with Crippen LogP contribution in [0.1, 0.15) is 33.1 Å². The molecule has 0 aliphatic heterocycles. The zero-order valence-electron chi connectivity index (χ0n) is 12.4. The third kappa shape index (κ3) is 5.36. The Morgan fingerprint density at radius 2 is 1.88 bits per heavy atom. The van der Waals surface area contributed by atoms with Gasteiger partial charge in [-0.1, -0.05) is 13.8 Å². The van der Waals surface area contributed by atoms with Crippen LogP contribution < -0.4 is 5.32 Å². The predicted molar refractivity (Wildman–Crippen MR) is 75.5 cm³/mol. The first-order valence-corrected chi connectivity index (χ1v) is 7.09. The van der Waals surface area contributed by atoms with Crippen molar-refractivity contribution in [1.29, 1.82) is 0 Å². The summed E-state index contributed by atoms with van der Waals surface area (Å²) in [4.78, 5) is 5.00. The average Bonchev–Trinajstić information content (AvgIpc) is 2.71. The van der Waals surface area contributed by atoms with E-state index in [0.29, 0.717) is 0 Å². The van der Waals surface area contributed by atoms with Gasteiger partial charge in [-0.25, -0.2) is 0 Å². The maximum Gasteiger partial charge on any atom is 0.0112 e. The summed E-state index contributed by atoms with van der Waals surface area (Å²) in [5.74, 6) is 0.769. The molecule has 0 aromatic rings. The van der Waals surface area contributed by atoms with Gasteiger partial charge in [-0.3, -0.25) is 4.90 Å². The maximum absolute atomic E-state index is 3.43. The van der Waals surface area contributed by atoms with Crippen LogP contribution in [0.2, 0.25) is 0 Å². The molecule has 1 aliphatic carbocycles. The molecule has 0 aromatic heterocycles. The van der Waals surface area contributed by atoms with Gasteiger partial charge in [-0.15, -0.1) is 0 Å². The molecular formula is C14H31N3. The third-order valence-electron chi connectivity index (χ3n) is 3.76. The molecule has 0 aromatic carbocycles. The zero-order valence-corrected chi connectivity index (χ0v) is 12.4. The molecule has 0 radical (unpaired) electrons. The van der Waals surface area contributed by atoms with Crippen LogP contribution in [0.5, 0.6) is 0 Å². The van der Waals surface area contributed by atoms with Gasteiger partial charge in [0.05, 0.1) is 0 Å². The van der Waals surface area contributed by atoms with Gasteiger partial charge in [0.1, 0.15) is 0 Å². The predicted octanol–water partition coefficient (Wildman–Crippen LogP) is 1.65. The van der Waals surface area contributed by atoms with E-state index in [1.807, 2.05) is 0 Å². The Labute approximate surface area is 108 Å². The van der Waals surface area contributed by atoms with Crippen LogP contribution in [0.3, 0.4) is 0 Å². The van der Waals surface area contributed by atoms with E-state index in [2.05, 4.69) is 50.1 Å². The van der Waals surface area contributed by atoms with Gasteiger partial charge in [0.25, 0.3) is 0 Å². The van der Waals surface area contributed by atoms with Gasteiger partial charge in [0, 0.05) is 31.7 Å². The Balaban J connectivity index is 2.44. The van der Waals surface area contributed by atoms with E-state index < -0.39 is 0 Å². The lowest BCUT2D eigenvalue weighted by molar-refractivity contribution is 0.160. The first-order chi connectivity index (χ1) is 8.02. The summed E-state index contributed by atoms with van der Waals surface area (Å²) in [6.45, 7) is 8.29. The summed E-state index contributed by atoms with van der Waals surface area (Å²) < 4.78 is 0. The van der Waals surface area contributed by atoms with Crippen molar-refractivity contribution in [3.8, 4) is 0 Å². The second-order valence-corrected chi connectivity index (χ2v) is 6.14. The molecule has 1 rings (SSSR count). The van der Waals surface area contributed by atoms with Crippen LogP contribution in [-0.4, -0.2) is 62.7 Å². The molecule has 1 N–H and O–H groups in total. The second-order valence-electron chi connectivity index (χ2n) is 6.14. The molecular weight excluding hydrogens is 210 g/mol. The normalized spacial score (nSPS) is 25.4. The molecule has 0 saturated heterocycles. The van der Waals surface area contributed by atoms with Crippen LogP contribution in [0, 0.1) is 5.92 Å². The fraction of sp³-hybridized carbons (Fsp3) is 1.00. The summed E-state index contributed by atoms with van der Waals surface area (Å²) in [6, 6.07) is 1.55. The van der Waals surface area contributed by atoms with Gasteiger partial charge in [-0.2, -0.15) is 0 Å². The van der Waals surface area contributed by atoms with Gasteiger partial charge in [0.2, 0.25) is 0 Å². The van der Waals surface area contributed by atoms with Gasteiger partial charge >= 0.3 is 0 Å². The first-order valence-electron chi connectivity index (χ1n) is 7.09. The molecule has 1 fully saturated rings. The first kappa shape index (κ1) is 14.9. The molecule has 0 amide bonds. The number of hydrogen-bond donors (Lipinski definition) is 1. The van der Waals surface area contributed by atoms with E-state index in [0.717, 1.165) is 18.0 Å². The highest BCUT2D eigenvalue weighted by molar-refractivity contribution is 4.86. The van der Waals surface area contributed by atoms with Crippen molar-refractivity contribution in [3.63, 3.8) is 0 Å². The topological polar surface area (TPSA) is 18.5 Å². The zero-order chi connectivity index (χ0) is 12.8. The Hall–Kier alpha value is -0.120. The monoisotopic (exact) mass is 241 g/mol. The second kappa shape index (κ2) is 7.34. The van der Waals surface area contributed by atoms with Crippen LogP contribution in [0.15, 0.2) is 0 Å². The molecule has 1 saturated carbocycles. The third-order valence-corrected chi connectivity index (χ3v) is 3.76. The van der Waals surface area contributed by atoms with Crippen molar-refractivity contribution in [2.24, 2.45) is 5.92 Å². The lowest BCUT2D eigenvalue weighted by Gasteiger charge is -2.31. The van der Waals surface area contributed by atoms with Crippen LogP contribution in [0.25, 0.3) is 0 Å². The average molecular weight is 241 g/mol. The largest absolute Gasteiger partial charge is 0.317 e. The van der Waals surface area contributed by atoms with Crippen LogP contribution in [0.4, 0.5) is 0 Å². The Morgan fingerprint density at radius 1 is 1.18 bits per heavy atom. The molecule has 2 unspecified atom stereocenters. The molecule has 17 heavy (non-hydrogen) atoms. The smallest absolute Gasteiger partial charge is 0.0112 e. The molecule has 3 nitrogen and oxygen atoms in total. The van der Waals surface area contributed by atoms with E-state index in [1.165, 1.54) is 38.9 Å². The Bertz CT molecular complexity index is 204. The molecule has 1 aliphatic rings. The summed E-state index contributed by atoms with van der Waals surface area (Å²) in [5.41, 5.74) is 0. The number of nitrogens with one attached hydrogen (secondary N) is 1. The number of nitrogens with zero attached hydrogens (tertiary/aromatic N) is 2. The summed E-state index contributed by atoms with van der Waals surface area (Å²) in [5, 5.41) is 3.43. The molecule has 2 atom stereocenters. The van der Waals surface area contributed by atoms with Gasteiger partial charge in [0.15, 0.2) is 0 Å². The van der Waals surface area contributed by atoms with E-state index >= 15 is 0 Å². The fourth-order valence-corrected chi connectivity index (χ4v) is 2.77. The van der Waals surface area contributed by atoms with E-state index in [1.54, 1.807) is 0 Å². The lowest BCUT2D eigenvalue weighted by Crippen LogP contribution is -2.41. The van der Waals surface area contributed by atoms with Gasteiger partial charge in [-0.05, 0) is 46.3 Å². The summed E-state index contributed by atoms with van der Waals surface area (Å²) in [6.07, 6.45) is 4.04. The summed E-state index contributed by atoms with van der Waals surface area (Å²) >= 11 is 0. The van der Waals surface area contributed by atoms with Crippen molar-refractivity contribution in [1.82, 2.24) is 15.1 Å². The fourth-order valence-electron chi connectivity index (χ4n) is 2.77. The molecule has 0 spiro atoms. The molecule has 102 valence electrons. The standard InChI is InChI=1S/C14H31N3/c1-12(2)11-17(9-8-16(4)5)14-7-6-13(10-14)15-3/h12-15H,6-11H2,1-5H3. The minimum Gasteiger partial charge on any atom is -0.317 e. The number of likely N-dealkylation sites (N-methyl/N-ethyl adjacent to an activating group) is 1. The number of hydrogen-bond acceptors (Lipinski definition) is 3. The maximum atomic E-state index is 3.43. The van der Waals surface area contributed by atoms with E-state index in [9.17, 15) is 0 Å². The van der Waals surface area contributed by atoms with Crippen molar-refractivity contribution in [2.45, 2.75) is 45.2 Å². The van der Waals surface area contributed by atoms with Crippen molar-refractivity contribution < 1.29 is 0 Å². The molecule has 0 bridgehead atoms. The Kier molecular flexibility index (Phi) is 6.45. The highest BCUT2D eigenvalue weighted by Gasteiger charge is 2.28. The van der Waals surface area contributed by atoms with Crippen LogP contribution in [-0.2, 0) is 0 Å². The summed E-state index contributed by atoms with van der Waals surface area (Å²) in [7, 11) is 6.43. The van der Waals surface area contributed by atoms with E-state index in [4.69, 9.17) is 0 Å². The van der Waals surface area contributed by atoms with Crippen molar-refractivity contribution >= 4 is 0 Å².